The molecule has 0 amide bonds. The Bertz CT molecular complexity index is 764. The summed E-state index contributed by atoms with van der Waals surface area (Å²) in [7, 11) is 2.99. The van der Waals surface area contributed by atoms with Crippen LogP contribution < -0.4 is 9.47 Å². The molecule has 126 valence electrons. The summed E-state index contributed by atoms with van der Waals surface area (Å²) in [5.74, 6) is 0.515. The maximum Gasteiger partial charge on any atom is 0.416 e. The van der Waals surface area contributed by atoms with E-state index >= 15 is 0 Å². The van der Waals surface area contributed by atoms with Crippen molar-refractivity contribution in [1.82, 2.24) is 0 Å². The average Bonchev–Trinajstić information content (AvgIpc) is 2.58. The van der Waals surface area contributed by atoms with Crippen molar-refractivity contribution in [3.8, 4) is 11.5 Å². The fourth-order valence-electron chi connectivity index (χ4n) is 2.07. The van der Waals surface area contributed by atoms with Crippen molar-refractivity contribution in [2.45, 2.75) is 6.18 Å². The maximum atomic E-state index is 12.7. The SMILES string of the molecule is COc1ccc(/C=C/C(=O)c2cccc(C(F)(F)F)c2)cc1OC. The second-order valence-electron chi connectivity index (χ2n) is 4.89. The van der Waals surface area contributed by atoms with Crippen molar-refractivity contribution >= 4 is 11.9 Å². The molecule has 0 heterocycles. The van der Waals surface area contributed by atoms with Gasteiger partial charge in [0.05, 0.1) is 19.8 Å². The molecule has 24 heavy (non-hydrogen) atoms. The van der Waals surface area contributed by atoms with Crippen LogP contribution in [-0.2, 0) is 6.18 Å². The third kappa shape index (κ3) is 4.16. The van der Waals surface area contributed by atoms with Crippen LogP contribution >= 0.6 is 0 Å². The van der Waals surface area contributed by atoms with Gasteiger partial charge in [-0.2, -0.15) is 13.2 Å². The van der Waals surface area contributed by atoms with Gasteiger partial charge in [0.2, 0.25) is 0 Å². The molecule has 2 rings (SSSR count). The number of carbonyl (C=O) groups excluding carboxylic acids is 1. The first-order valence-corrected chi connectivity index (χ1v) is 6.97. The molecule has 0 aliphatic rings. The lowest BCUT2D eigenvalue weighted by Gasteiger charge is -2.08. The number of ketones is 1. The Balaban J connectivity index is 2.22. The molecule has 0 fully saturated rings. The van der Waals surface area contributed by atoms with E-state index in [9.17, 15) is 18.0 Å². The fourth-order valence-corrected chi connectivity index (χ4v) is 2.07. The summed E-state index contributed by atoms with van der Waals surface area (Å²) in [5.41, 5.74) is -0.220. The monoisotopic (exact) mass is 336 g/mol. The molecule has 0 saturated carbocycles. The molecule has 6 heteroatoms. The minimum Gasteiger partial charge on any atom is -0.493 e. The largest absolute Gasteiger partial charge is 0.493 e. The number of ether oxygens (including phenoxy) is 2. The molecular formula is C18H15F3O3. The summed E-state index contributed by atoms with van der Waals surface area (Å²) in [5, 5.41) is 0. The van der Waals surface area contributed by atoms with Crippen molar-refractivity contribution in [3.05, 3.63) is 65.2 Å². The van der Waals surface area contributed by atoms with E-state index in [0.29, 0.717) is 17.1 Å². The quantitative estimate of drug-likeness (QED) is 0.590. The number of hydrogen-bond acceptors (Lipinski definition) is 3. The van der Waals surface area contributed by atoms with Crippen molar-refractivity contribution in [1.29, 1.82) is 0 Å². The van der Waals surface area contributed by atoms with Crippen LogP contribution in [0.15, 0.2) is 48.5 Å². The van der Waals surface area contributed by atoms with Gasteiger partial charge < -0.3 is 9.47 Å². The third-order valence-corrected chi connectivity index (χ3v) is 3.31. The lowest BCUT2D eigenvalue weighted by molar-refractivity contribution is -0.137. The zero-order chi connectivity index (χ0) is 17.7. The summed E-state index contributed by atoms with van der Waals surface area (Å²) in [6.07, 6.45) is -1.76. The van der Waals surface area contributed by atoms with Gasteiger partial charge in [0.25, 0.3) is 0 Å². The number of halogens is 3. The van der Waals surface area contributed by atoms with Gasteiger partial charge in [0, 0.05) is 5.56 Å². The van der Waals surface area contributed by atoms with E-state index in [1.807, 2.05) is 0 Å². The topological polar surface area (TPSA) is 35.5 Å². The molecule has 0 aromatic heterocycles. The molecule has 0 radical (unpaired) electrons. The molecule has 0 unspecified atom stereocenters. The van der Waals surface area contributed by atoms with Gasteiger partial charge in [-0.15, -0.1) is 0 Å². The van der Waals surface area contributed by atoms with Gasteiger partial charge in [-0.1, -0.05) is 24.3 Å². The van der Waals surface area contributed by atoms with Gasteiger partial charge >= 0.3 is 6.18 Å². The molecule has 0 atom stereocenters. The number of methoxy groups -OCH3 is 2. The van der Waals surface area contributed by atoms with E-state index in [2.05, 4.69) is 0 Å². The molecule has 0 bridgehead atoms. The molecule has 0 spiro atoms. The minimum atomic E-state index is -4.48. The molecule has 2 aromatic carbocycles. The van der Waals surface area contributed by atoms with Crippen LogP contribution in [0.5, 0.6) is 11.5 Å². The van der Waals surface area contributed by atoms with E-state index in [-0.39, 0.29) is 5.56 Å². The van der Waals surface area contributed by atoms with Gasteiger partial charge in [0.1, 0.15) is 0 Å². The highest BCUT2D eigenvalue weighted by Crippen LogP contribution is 2.30. The highest BCUT2D eigenvalue weighted by molar-refractivity contribution is 6.06. The van der Waals surface area contributed by atoms with Gasteiger partial charge in [-0.3, -0.25) is 4.79 Å². The highest BCUT2D eigenvalue weighted by Gasteiger charge is 2.30. The van der Waals surface area contributed by atoms with Crippen LogP contribution in [0.3, 0.4) is 0 Å². The van der Waals surface area contributed by atoms with Gasteiger partial charge in [0.15, 0.2) is 17.3 Å². The average molecular weight is 336 g/mol. The predicted octanol–water partition coefficient (Wildman–Crippen LogP) is 4.62. The summed E-state index contributed by atoms with van der Waals surface area (Å²) in [6, 6.07) is 9.35. The molecular weight excluding hydrogens is 321 g/mol. The van der Waals surface area contributed by atoms with Crippen molar-refractivity contribution in [2.24, 2.45) is 0 Å². The standard InChI is InChI=1S/C18H15F3O3/c1-23-16-9-7-12(10-17(16)24-2)6-8-15(22)13-4-3-5-14(11-13)18(19,20)21/h3-11H,1-2H3/b8-6+. The molecule has 3 nitrogen and oxygen atoms in total. The van der Waals surface area contributed by atoms with E-state index in [0.717, 1.165) is 12.1 Å². The number of hydrogen-bond donors (Lipinski definition) is 0. The first-order chi connectivity index (χ1) is 11.3. The Kier molecular flexibility index (Phi) is 5.28. The number of alkyl halides is 3. The number of rotatable bonds is 5. The molecule has 0 N–H and O–H groups in total. The van der Waals surface area contributed by atoms with E-state index in [1.54, 1.807) is 18.2 Å². The van der Waals surface area contributed by atoms with Gasteiger partial charge in [-0.25, -0.2) is 0 Å². The van der Waals surface area contributed by atoms with Crippen molar-refractivity contribution in [2.75, 3.05) is 14.2 Å². The maximum absolute atomic E-state index is 12.7. The Morgan fingerprint density at radius 3 is 2.33 bits per heavy atom. The summed E-state index contributed by atoms with van der Waals surface area (Å²) >= 11 is 0. The van der Waals surface area contributed by atoms with Crippen molar-refractivity contribution in [3.63, 3.8) is 0 Å². The van der Waals surface area contributed by atoms with Crippen LogP contribution in [-0.4, -0.2) is 20.0 Å². The first-order valence-electron chi connectivity index (χ1n) is 6.97. The first kappa shape index (κ1) is 17.6. The summed E-state index contributed by atoms with van der Waals surface area (Å²) in [4.78, 5) is 12.1. The van der Waals surface area contributed by atoms with Crippen LogP contribution in [0.25, 0.3) is 6.08 Å². The lowest BCUT2D eigenvalue weighted by Crippen LogP contribution is -2.06. The second kappa shape index (κ2) is 7.21. The zero-order valence-corrected chi connectivity index (χ0v) is 13.1. The van der Waals surface area contributed by atoms with Gasteiger partial charge in [-0.05, 0) is 35.9 Å². The molecule has 0 aliphatic carbocycles. The number of benzene rings is 2. The van der Waals surface area contributed by atoms with E-state index in [4.69, 9.17) is 9.47 Å². The van der Waals surface area contributed by atoms with Crippen LogP contribution in [0.1, 0.15) is 21.5 Å². The van der Waals surface area contributed by atoms with Crippen LogP contribution in [0.4, 0.5) is 13.2 Å². The number of carbonyl (C=O) groups is 1. The third-order valence-electron chi connectivity index (χ3n) is 3.31. The fraction of sp³-hybridized carbons (Fsp3) is 0.167. The summed E-state index contributed by atoms with van der Waals surface area (Å²) in [6.45, 7) is 0. The van der Waals surface area contributed by atoms with Crippen molar-refractivity contribution < 1.29 is 27.4 Å². The van der Waals surface area contributed by atoms with Crippen LogP contribution in [0.2, 0.25) is 0 Å². The minimum absolute atomic E-state index is 0.0263. The van der Waals surface area contributed by atoms with E-state index in [1.165, 1.54) is 38.5 Å². The Morgan fingerprint density at radius 1 is 1.00 bits per heavy atom. The predicted molar refractivity (Wildman–Crippen MR) is 84.4 cm³/mol. The number of allylic oxidation sites excluding steroid dienone is 1. The molecule has 2 aromatic rings. The lowest BCUT2D eigenvalue weighted by atomic mass is 10.1. The molecule has 0 aliphatic heterocycles. The highest BCUT2D eigenvalue weighted by atomic mass is 19.4. The Morgan fingerprint density at radius 2 is 1.71 bits per heavy atom. The summed E-state index contributed by atoms with van der Waals surface area (Å²) < 4.78 is 48.3. The Labute approximate surface area is 137 Å². The normalized spacial score (nSPS) is 11.5. The van der Waals surface area contributed by atoms with Crippen LogP contribution in [0, 0.1) is 0 Å². The smallest absolute Gasteiger partial charge is 0.416 e. The Hall–Kier alpha value is -2.76. The molecule has 0 saturated heterocycles. The second-order valence-corrected chi connectivity index (χ2v) is 4.89. The zero-order valence-electron chi connectivity index (χ0n) is 13.1. The van der Waals surface area contributed by atoms with E-state index < -0.39 is 17.5 Å².